The lowest BCUT2D eigenvalue weighted by Gasteiger charge is -2.17. The summed E-state index contributed by atoms with van der Waals surface area (Å²) in [4.78, 5) is 31.4. The van der Waals surface area contributed by atoms with E-state index in [1.54, 1.807) is 0 Å². The number of H-pyrrole nitrogens is 1. The molecule has 0 unspecified atom stereocenters. The quantitative estimate of drug-likeness (QED) is 0.865. The van der Waals surface area contributed by atoms with Crippen molar-refractivity contribution in [2.24, 2.45) is 0 Å². The number of pyridine rings is 2. The van der Waals surface area contributed by atoms with Crippen molar-refractivity contribution in [3.8, 4) is 0 Å². The van der Waals surface area contributed by atoms with Crippen molar-refractivity contribution in [3.05, 3.63) is 33.9 Å². The summed E-state index contributed by atoms with van der Waals surface area (Å²) in [6.45, 7) is 1.46. The summed E-state index contributed by atoms with van der Waals surface area (Å²) in [6.07, 6.45) is 3.05. The molecule has 0 bridgehead atoms. The maximum atomic E-state index is 14.1. The maximum absolute atomic E-state index is 14.1. The Morgan fingerprint density at radius 3 is 2.75 bits per heavy atom. The Morgan fingerprint density at radius 2 is 2.10 bits per heavy atom. The number of carboxylic acid groups (broad SMARTS) is 1. The van der Waals surface area contributed by atoms with E-state index in [1.807, 2.05) is 4.90 Å². The molecular formula is C13H12FN3O3. The van der Waals surface area contributed by atoms with E-state index in [2.05, 4.69) is 9.97 Å². The highest BCUT2D eigenvalue weighted by atomic mass is 19.1. The molecule has 0 radical (unpaired) electrons. The molecule has 1 saturated heterocycles. The molecule has 1 aliphatic rings. The van der Waals surface area contributed by atoms with Crippen LogP contribution in [0.15, 0.2) is 17.1 Å². The van der Waals surface area contributed by atoms with Gasteiger partial charge in [-0.2, -0.15) is 0 Å². The molecule has 0 aromatic carbocycles. The lowest BCUT2D eigenvalue weighted by molar-refractivity contribution is 0.0695. The van der Waals surface area contributed by atoms with Crippen molar-refractivity contribution in [3.63, 3.8) is 0 Å². The molecule has 1 fully saturated rings. The third-order valence-corrected chi connectivity index (χ3v) is 3.44. The topological polar surface area (TPSA) is 86.3 Å². The van der Waals surface area contributed by atoms with E-state index in [0.717, 1.165) is 38.2 Å². The zero-order valence-electron chi connectivity index (χ0n) is 10.5. The van der Waals surface area contributed by atoms with Gasteiger partial charge in [0.2, 0.25) is 5.43 Å². The molecule has 0 amide bonds. The van der Waals surface area contributed by atoms with Gasteiger partial charge in [-0.3, -0.25) is 4.79 Å². The second-order valence-corrected chi connectivity index (χ2v) is 4.72. The zero-order valence-corrected chi connectivity index (χ0v) is 10.5. The van der Waals surface area contributed by atoms with E-state index in [1.165, 1.54) is 0 Å². The number of aromatic nitrogens is 2. The SMILES string of the molecule is O=C(O)c1c[nH]c2nc(N3CCCC3)c(F)cc2c1=O. The first-order chi connectivity index (χ1) is 9.58. The third-order valence-electron chi connectivity index (χ3n) is 3.44. The molecule has 1 aliphatic heterocycles. The smallest absolute Gasteiger partial charge is 0.341 e. The molecule has 6 nitrogen and oxygen atoms in total. The van der Waals surface area contributed by atoms with Gasteiger partial charge in [0.05, 0.1) is 5.39 Å². The first-order valence-electron chi connectivity index (χ1n) is 6.28. The van der Waals surface area contributed by atoms with E-state index in [0.29, 0.717) is 0 Å². The lowest BCUT2D eigenvalue weighted by atomic mass is 10.2. The Morgan fingerprint density at radius 1 is 1.40 bits per heavy atom. The number of hydrogen-bond donors (Lipinski definition) is 2. The van der Waals surface area contributed by atoms with Crippen LogP contribution in [-0.4, -0.2) is 34.1 Å². The van der Waals surface area contributed by atoms with Crippen molar-refractivity contribution in [2.75, 3.05) is 18.0 Å². The summed E-state index contributed by atoms with van der Waals surface area (Å²) in [6, 6.07) is 1.06. The van der Waals surface area contributed by atoms with Crippen molar-refractivity contribution in [2.45, 2.75) is 12.8 Å². The van der Waals surface area contributed by atoms with Crippen molar-refractivity contribution < 1.29 is 14.3 Å². The van der Waals surface area contributed by atoms with Crippen molar-refractivity contribution >= 4 is 22.8 Å². The minimum atomic E-state index is -1.35. The van der Waals surface area contributed by atoms with Gasteiger partial charge in [0.1, 0.15) is 11.2 Å². The molecule has 20 heavy (non-hydrogen) atoms. The number of rotatable bonds is 2. The van der Waals surface area contributed by atoms with E-state index in [9.17, 15) is 14.0 Å². The molecule has 0 aliphatic carbocycles. The van der Waals surface area contributed by atoms with Crippen LogP contribution in [0.3, 0.4) is 0 Å². The van der Waals surface area contributed by atoms with Crippen LogP contribution in [0, 0.1) is 5.82 Å². The first-order valence-corrected chi connectivity index (χ1v) is 6.28. The molecule has 0 spiro atoms. The Kier molecular flexibility index (Phi) is 2.89. The van der Waals surface area contributed by atoms with Crippen LogP contribution in [0.2, 0.25) is 0 Å². The zero-order chi connectivity index (χ0) is 14.3. The fraction of sp³-hybridized carbons (Fsp3) is 0.308. The van der Waals surface area contributed by atoms with Crippen LogP contribution in [0.25, 0.3) is 11.0 Å². The number of hydrogen-bond acceptors (Lipinski definition) is 4. The molecule has 104 valence electrons. The van der Waals surface area contributed by atoms with Crippen LogP contribution in [-0.2, 0) is 0 Å². The normalized spacial score (nSPS) is 14.9. The fourth-order valence-corrected chi connectivity index (χ4v) is 2.42. The summed E-state index contributed by atoms with van der Waals surface area (Å²) < 4.78 is 14.1. The second-order valence-electron chi connectivity index (χ2n) is 4.72. The van der Waals surface area contributed by atoms with Crippen molar-refractivity contribution in [1.29, 1.82) is 0 Å². The molecule has 7 heteroatoms. The predicted molar refractivity (Wildman–Crippen MR) is 70.7 cm³/mol. The maximum Gasteiger partial charge on any atom is 0.341 e. The van der Waals surface area contributed by atoms with Crippen LogP contribution in [0.5, 0.6) is 0 Å². The highest BCUT2D eigenvalue weighted by molar-refractivity contribution is 5.91. The summed E-state index contributed by atoms with van der Waals surface area (Å²) in [7, 11) is 0. The monoisotopic (exact) mass is 277 g/mol. The van der Waals surface area contributed by atoms with Gasteiger partial charge in [-0.1, -0.05) is 0 Å². The Balaban J connectivity index is 2.20. The summed E-state index contributed by atoms with van der Waals surface area (Å²) in [5.74, 6) is -1.75. The highest BCUT2D eigenvalue weighted by Gasteiger charge is 2.20. The van der Waals surface area contributed by atoms with Gasteiger partial charge in [0.15, 0.2) is 11.6 Å². The lowest BCUT2D eigenvalue weighted by Crippen LogP contribution is -2.22. The number of anilines is 1. The van der Waals surface area contributed by atoms with Gasteiger partial charge >= 0.3 is 5.97 Å². The molecule has 2 aromatic rings. The number of aromatic carboxylic acids is 1. The average Bonchev–Trinajstić information content (AvgIpc) is 2.92. The van der Waals surface area contributed by atoms with Crippen LogP contribution < -0.4 is 10.3 Å². The van der Waals surface area contributed by atoms with E-state index in [4.69, 9.17) is 5.11 Å². The van der Waals surface area contributed by atoms with Gasteiger partial charge < -0.3 is 15.0 Å². The molecular weight excluding hydrogens is 265 g/mol. The van der Waals surface area contributed by atoms with Gasteiger partial charge in [0.25, 0.3) is 0 Å². The molecule has 2 N–H and O–H groups in total. The molecule has 3 rings (SSSR count). The Hall–Kier alpha value is -2.44. The number of nitrogens with zero attached hydrogens (tertiary/aromatic N) is 2. The summed E-state index contributed by atoms with van der Waals surface area (Å²) in [5.41, 5.74) is -0.957. The largest absolute Gasteiger partial charge is 0.477 e. The van der Waals surface area contributed by atoms with Crippen LogP contribution in [0.4, 0.5) is 10.2 Å². The predicted octanol–water partition coefficient (Wildman–Crippen LogP) is 1.36. The first kappa shape index (κ1) is 12.6. The van der Waals surface area contributed by atoms with Gasteiger partial charge in [-0.15, -0.1) is 0 Å². The van der Waals surface area contributed by atoms with Gasteiger partial charge in [-0.25, -0.2) is 14.2 Å². The average molecular weight is 277 g/mol. The number of carbonyl (C=O) groups is 1. The standard InChI is InChI=1S/C13H12FN3O3/c14-9-5-7-10(18)8(13(19)20)6-15-11(7)16-12(9)17-3-1-2-4-17/h5-6H,1-4H2,(H,19,20)(H,15,16,18). The number of fused-ring (bicyclic) bond motifs is 1. The highest BCUT2D eigenvalue weighted by Crippen LogP contribution is 2.23. The fourth-order valence-electron chi connectivity index (χ4n) is 2.42. The van der Waals surface area contributed by atoms with Crippen LogP contribution in [0.1, 0.15) is 23.2 Å². The Bertz CT molecular complexity index is 750. The number of halogens is 1. The summed E-state index contributed by atoms with van der Waals surface area (Å²) >= 11 is 0. The van der Waals surface area contributed by atoms with Crippen LogP contribution >= 0.6 is 0 Å². The minimum absolute atomic E-state index is 0.0506. The Labute approximate surface area is 112 Å². The molecule has 0 atom stereocenters. The van der Waals surface area contributed by atoms with Crippen molar-refractivity contribution in [1.82, 2.24) is 9.97 Å². The number of aromatic amines is 1. The second kappa shape index (κ2) is 4.59. The number of nitrogens with one attached hydrogen (secondary N) is 1. The molecule has 2 aromatic heterocycles. The third kappa shape index (κ3) is 1.91. The summed E-state index contributed by atoms with van der Waals surface area (Å²) in [5, 5.41) is 8.83. The minimum Gasteiger partial charge on any atom is -0.477 e. The van der Waals surface area contributed by atoms with Gasteiger partial charge in [-0.05, 0) is 18.9 Å². The van der Waals surface area contributed by atoms with E-state index in [-0.39, 0.29) is 16.9 Å². The van der Waals surface area contributed by atoms with E-state index >= 15 is 0 Å². The van der Waals surface area contributed by atoms with Gasteiger partial charge in [0, 0.05) is 19.3 Å². The molecule has 3 heterocycles. The van der Waals surface area contributed by atoms with E-state index < -0.39 is 22.8 Å². The molecule has 0 saturated carbocycles. The number of carboxylic acids is 1.